The quantitative estimate of drug-likeness (QED) is 0.233. The summed E-state index contributed by atoms with van der Waals surface area (Å²) in [6.45, 7) is 2.42. The third-order valence-electron chi connectivity index (χ3n) is 2.13. The fourth-order valence-electron chi connectivity index (χ4n) is 1.24. The van der Waals surface area contributed by atoms with Crippen LogP contribution in [0.3, 0.4) is 0 Å². The van der Waals surface area contributed by atoms with Crippen LogP contribution < -0.4 is 11.1 Å². The average Bonchev–Trinajstić information content (AvgIpc) is 2.75. The molecule has 0 aromatic carbocycles. The van der Waals surface area contributed by atoms with Crippen LogP contribution >= 0.6 is 11.3 Å². The van der Waals surface area contributed by atoms with Crippen molar-refractivity contribution in [1.82, 2.24) is 10.3 Å². The molecule has 4 N–H and O–H groups in total. The summed E-state index contributed by atoms with van der Waals surface area (Å²) in [4.78, 5) is 15.6. The van der Waals surface area contributed by atoms with E-state index in [1.54, 1.807) is 5.38 Å². The topological polar surface area (TPSA) is 101 Å². The third-order valence-corrected chi connectivity index (χ3v) is 2.90. The summed E-state index contributed by atoms with van der Waals surface area (Å²) in [6, 6.07) is 0. The lowest BCUT2D eigenvalue weighted by Gasteiger charge is -2.02. The van der Waals surface area contributed by atoms with Gasteiger partial charge in [0, 0.05) is 18.3 Å². The molecule has 0 saturated carbocycles. The summed E-state index contributed by atoms with van der Waals surface area (Å²) in [7, 11) is 0. The van der Waals surface area contributed by atoms with Gasteiger partial charge in [0.25, 0.3) is 5.91 Å². The zero-order valence-corrected chi connectivity index (χ0v) is 10.5. The molecule has 0 saturated heterocycles. The van der Waals surface area contributed by atoms with Crippen molar-refractivity contribution in [3.8, 4) is 0 Å². The summed E-state index contributed by atoms with van der Waals surface area (Å²) >= 11 is 1.45. The van der Waals surface area contributed by atoms with E-state index in [2.05, 4.69) is 15.5 Å². The Morgan fingerprint density at radius 1 is 1.65 bits per heavy atom. The molecule has 0 fully saturated rings. The Morgan fingerprint density at radius 2 is 2.41 bits per heavy atom. The highest BCUT2D eigenvalue weighted by atomic mass is 32.1. The Labute approximate surface area is 104 Å². The van der Waals surface area contributed by atoms with E-state index in [0.717, 1.165) is 17.8 Å². The van der Waals surface area contributed by atoms with Crippen LogP contribution in [0.5, 0.6) is 0 Å². The van der Waals surface area contributed by atoms with Crippen LogP contribution in [0.4, 0.5) is 0 Å². The third kappa shape index (κ3) is 4.81. The normalized spacial score (nSPS) is 11.5. The number of rotatable bonds is 6. The van der Waals surface area contributed by atoms with Crippen molar-refractivity contribution in [2.45, 2.75) is 26.2 Å². The van der Waals surface area contributed by atoms with Gasteiger partial charge in [-0.15, -0.1) is 11.3 Å². The zero-order chi connectivity index (χ0) is 12.7. The minimum Gasteiger partial charge on any atom is -0.409 e. The van der Waals surface area contributed by atoms with Crippen molar-refractivity contribution in [1.29, 1.82) is 0 Å². The molecule has 7 heteroatoms. The molecule has 0 aliphatic carbocycles. The van der Waals surface area contributed by atoms with Crippen molar-refractivity contribution in [3.05, 3.63) is 16.1 Å². The Balaban J connectivity index is 2.17. The highest BCUT2D eigenvalue weighted by Gasteiger charge is 2.07. The summed E-state index contributed by atoms with van der Waals surface area (Å²) in [5, 5.41) is 16.6. The standard InChI is InChI=1S/C10H16N4O2S/c1-7-13-8(6-17-7)10(15)12-5-3-2-4-9(11)14-16/h6,16H,2-5H2,1H3,(H2,11,14)(H,12,15). The van der Waals surface area contributed by atoms with Gasteiger partial charge < -0.3 is 16.3 Å². The predicted molar refractivity (Wildman–Crippen MR) is 66.4 cm³/mol. The van der Waals surface area contributed by atoms with Crippen molar-refractivity contribution in [2.24, 2.45) is 10.9 Å². The molecule has 0 aliphatic rings. The summed E-state index contributed by atoms with van der Waals surface area (Å²) in [5.74, 6) is 0.0598. The number of unbranched alkanes of at least 4 members (excludes halogenated alkanes) is 1. The molecule has 0 aliphatic heterocycles. The first kappa shape index (κ1) is 13.4. The number of nitrogens with two attached hydrogens (primary N) is 1. The van der Waals surface area contributed by atoms with Gasteiger partial charge in [0.15, 0.2) is 0 Å². The number of thiazole rings is 1. The van der Waals surface area contributed by atoms with E-state index in [4.69, 9.17) is 10.9 Å². The van der Waals surface area contributed by atoms with E-state index in [-0.39, 0.29) is 11.7 Å². The van der Waals surface area contributed by atoms with E-state index >= 15 is 0 Å². The molecule has 94 valence electrons. The first-order valence-electron chi connectivity index (χ1n) is 5.30. The Kier molecular flexibility index (Phi) is 5.41. The van der Waals surface area contributed by atoms with E-state index in [0.29, 0.717) is 18.7 Å². The van der Waals surface area contributed by atoms with Crippen molar-refractivity contribution in [2.75, 3.05) is 6.54 Å². The van der Waals surface area contributed by atoms with Crippen LogP contribution in [0.1, 0.15) is 34.8 Å². The summed E-state index contributed by atoms with van der Waals surface area (Å²) in [6.07, 6.45) is 2.08. The number of amidine groups is 1. The van der Waals surface area contributed by atoms with Gasteiger partial charge in [0.2, 0.25) is 0 Å². The van der Waals surface area contributed by atoms with E-state index in [9.17, 15) is 4.79 Å². The maximum Gasteiger partial charge on any atom is 0.270 e. The van der Waals surface area contributed by atoms with E-state index in [1.807, 2.05) is 6.92 Å². The number of carbonyl (C=O) groups is 1. The molecule has 0 radical (unpaired) electrons. The SMILES string of the molecule is Cc1nc(C(=O)NCCCCC(N)=NO)cs1. The van der Waals surface area contributed by atoms with Crippen LogP contribution in [-0.4, -0.2) is 28.5 Å². The highest BCUT2D eigenvalue weighted by Crippen LogP contribution is 2.07. The fraction of sp³-hybridized carbons (Fsp3) is 0.500. The minimum atomic E-state index is -0.154. The number of carbonyl (C=O) groups excluding carboxylic acids is 1. The number of aromatic nitrogens is 1. The smallest absolute Gasteiger partial charge is 0.270 e. The van der Waals surface area contributed by atoms with Gasteiger partial charge in [-0.25, -0.2) is 4.98 Å². The van der Waals surface area contributed by atoms with Crippen molar-refractivity contribution in [3.63, 3.8) is 0 Å². The maximum absolute atomic E-state index is 11.6. The molecule has 6 nitrogen and oxygen atoms in total. The van der Waals surface area contributed by atoms with Crippen LogP contribution in [0.15, 0.2) is 10.5 Å². The number of nitrogens with one attached hydrogen (secondary N) is 1. The first-order chi connectivity index (χ1) is 8.13. The monoisotopic (exact) mass is 256 g/mol. The Hall–Kier alpha value is -1.63. The lowest BCUT2D eigenvalue weighted by atomic mass is 10.2. The minimum absolute atomic E-state index is 0.154. The number of amides is 1. The molecule has 1 amide bonds. The molecule has 0 bridgehead atoms. The van der Waals surface area contributed by atoms with Gasteiger partial charge in [-0.2, -0.15) is 0 Å². The van der Waals surface area contributed by atoms with E-state index < -0.39 is 0 Å². The van der Waals surface area contributed by atoms with Gasteiger partial charge >= 0.3 is 0 Å². The average molecular weight is 256 g/mol. The second kappa shape index (κ2) is 6.85. The number of hydrogen-bond donors (Lipinski definition) is 3. The molecule has 0 spiro atoms. The molecule has 1 heterocycles. The maximum atomic E-state index is 11.6. The fourth-order valence-corrected chi connectivity index (χ4v) is 1.83. The van der Waals surface area contributed by atoms with Crippen LogP contribution in [0.2, 0.25) is 0 Å². The van der Waals surface area contributed by atoms with Gasteiger partial charge in [-0.1, -0.05) is 5.16 Å². The number of nitrogens with zero attached hydrogens (tertiary/aromatic N) is 2. The molecule has 0 atom stereocenters. The first-order valence-corrected chi connectivity index (χ1v) is 6.18. The predicted octanol–water partition coefficient (Wildman–Crippen LogP) is 1.10. The Bertz CT molecular complexity index is 403. The molecule has 1 rings (SSSR count). The second-order valence-electron chi connectivity index (χ2n) is 3.56. The number of aryl methyl sites for hydroxylation is 1. The highest BCUT2D eigenvalue weighted by molar-refractivity contribution is 7.09. The van der Waals surface area contributed by atoms with Crippen LogP contribution in [-0.2, 0) is 0 Å². The number of oxime groups is 1. The van der Waals surface area contributed by atoms with Crippen LogP contribution in [0.25, 0.3) is 0 Å². The molecule has 17 heavy (non-hydrogen) atoms. The molecule has 1 aromatic heterocycles. The molecule has 1 aromatic rings. The summed E-state index contributed by atoms with van der Waals surface area (Å²) < 4.78 is 0. The van der Waals surface area contributed by atoms with Crippen LogP contribution in [0, 0.1) is 6.92 Å². The lowest BCUT2D eigenvalue weighted by molar-refractivity contribution is 0.0948. The molecule has 0 unspecified atom stereocenters. The van der Waals surface area contributed by atoms with Gasteiger partial charge in [0.05, 0.1) is 5.01 Å². The van der Waals surface area contributed by atoms with Crippen molar-refractivity contribution < 1.29 is 10.0 Å². The second-order valence-corrected chi connectivity index (χ2v) is 4.62. The summed E-state index contributed by atoms with van der Waals surface area (Å²) in [5.41, 5.74) is 5.77. The van der Waals surface area contributed by atoms with Gasteiger partial charge in [-0.3, -0.25) is 4.79 Å². The molecular formula is C10H16N4O2S. The number of hydrogen-bond acceptors (Lipinski definition) is 5. The van der Waals surface area contributed by atoms with Crippen molar-refractivity contribution >= 4 is 23.1 Å². The largest absolute Gasteiger partial charge is 0.409 e. The van der Waals surface area contributed by atoms with Gasteiger partial charge in [-0.05, 0) is 19.8 Å². The van der Waals surface area contributed by atoms with E-state index in [1.165, 1.54) is 11.3 Å². The zero-order valence-electron chi connectivity index (χ0n) is 9.64. The Morgan fingerprint density at radius 3 is 3.00 bits per heavy atom. The molecular weight excluding hydrogens is 240 g/mol. The van der Waals surface area contributed by atoms with Gasteiger partial charge in [0.1, 0.15) is 11.5 Å². The lowest BCUT2D eigenvalue weighted by Crippen LogP contribution is -2.25.